The van der Waals surface area contributed by atoms with Crippen LogP contribution in [-0.4, -0.2) is 15.9 Å². The number of hydrogen-bond donors (Lipinski definition) is 1. The van der Waals surface area contributed by atoms with Crippen LogP contribution in [-0.2, 0) is 0 Å². The Hall–Kier alpha value is -2.03. The molecule has 0 saturated carbocycles. The summed E-state index contributed by atoms with van der Waals surface area (Å²) in [5.74, 6) is 0.497. The lowest BCUT2D eigenvalue weighted by Crippen LogP contribution is -2.05. The van der Waals surface area contributed by atoms with E-state index < -0.39 is 0 Å². The van der Waals surface area contributed by atoms with Crippen LogP contribution in [0.25, 0.3) is 16.6 Å². The van der Waals surface area contributed by atoms with Gasteiger partial charge in [0.1, 0.15) is 5.65 Å². The fourth-order valence-corrected chi connectivity index (χ4v) is 2.98. The van der Waals surface area contributed by atoms with Gasteiger partial charge >= 0.3 is 0 Å². The highest BCUT2D eigenvalue weighted by atomic mass is 15.0. The number of pyridine rings is 1. The molecule has 2 heterocycles. The molecule has 0 spiro atoms. The van der Waals surface area contributed by atoms with Crippen LogP contribution in [0, 0.1) is 6.92 Å². The highest BCUT2D eigenvalue weighted by Gasteiger charge is 2.16. The smallest absolute Gasteiger partial charge is 0.142 e. The number of nitrogens with zero attached hydrogens (tertiary/aromatic N) is 2. The van der Waals surface area contributed by atoms with Gasteiger partial charge in [-0.25, -0.2) is 4.98 Å². The minimum Gasteiger partial charge on any atom is -0.384 e. The number of hydrogen-bond acceptors (Lipinski definition) is 2. The summed E-state index contributed by atoms with van der Waals surface area (Å²) in [6, 6.07) is 6.55. The Morgan fingerprint density at radius 2 is 2.10 bits per heavy atom. The average molecular weight is 267 g/mol. The van der Waals surface area contributed by atoms with E-state index in [9.17, 15) is 0 Å². The van der Waals surface area contributed by atoms with Gasteiger partial charge < -0.3 is 5.32 Å². The van der Waals surface area contributed by atoms with Crippen LogP contribution >= 0.6 is 0 Å². The Balaban J connectivity index is 2.54. The molecule has 0 amide bonds. The zero-order valence-corrected chi connectivity index (χ0v) is 12.6. The van der Waals surface area contributed by atoms with Crippen LogP contribution in [0.15, 0.2) is 30.6 Å². The Bertz CT molecular complexity index is 769. The molecule has 20 heavy (non-hydrogen) atoms. The summed E-state index contributed by atoms with van der Waals surface area (Å²) in [6.07, 6.45) is 3.92. The van der Waals surface area contributed by atoms with Crippen LogP contribution in [0.1, 0.15) is 37.8 Å². The number of aryl methyl sites for hydroxylation is 1. The van der Waals surface area contributed by atoms with Crippen molar-refractivity contribution < 1.29 is 0 Å². The Morgan fingerprint density at radius 1 is 1.30 bits per heavy atom. The van der Waals surface area contributed by atoms with Crippen molar-refractivity contribution in [3.05, 3.63) is 41.7 Å². The maximum Gasteiger partial charge on any atom is 0.142 e. The van der Waals surface area contributed by atoms with Gasteiger partial charge in [0.05, 0.1) is 11.2 Å². The van der Waals surface area contributed by atoms with Gasteiger partial charge in [-0.2, -0.15) is 0 Å². The van der Waals surface area contributed by atoms with Gasteiger partial charge in [0.2, 0.25) is 0 Å². The monoisotopic (exact) mass is 267 g/mol. The number of imidazole rings is 1. The van der Waals surface area contributed by atoms with Gasteiger partial charge in [0.15, 0.2) is 0 Å². The van der Waals surface area contributed by atoms with Crippen molar-refractivity contribution in [2.24, 2.45) is 0 Å². The lowest BCUT2D eigenvalue weighted by Gasteiger charge is -2.18. The summed E-state index contributed by atoms with van der Waals surface area (Å²) in [5.41, 5.74) is 6.10. The van der Waals surface area contributed by atoms with Crippen molar-refractivity contribution >= 4 is 22.2 Å². The fourth-order valence-electron chi connectivity index (χ4n) is 2.98. The molecule has 0 aliphatic rings. The van der Waals surface area contributed by atoms with E-state index in [1.807, 2.05) is 12.4 Å². The molecular weight excluding hydrogens is 246 g/mol. The fraction of sp³-hybridized carbons (Fsp3) is 0.353. The molecule has 3 heteroatoms. The molecule has 0 bridgehead atoms. The number of anilines is 1. The van der Waals surface area contributed by atoms with Crippen LogP contribution < -0.4 is 5.32 Å². The van der Waals surface area contributed by atoms with Crippen molar-refractivity contribution in [2.75, 3.05) is 11.9 Å². The molecule has 3 rings (SSSR count). The van der Waals surface area contributed by atoms with Crippen molar-refractivity contribution in [2.45, 2.75) is 33.6 Å². The summed E-state index contributed by atoms with van der Waals surface area (Å²) in [5, 5.41) is 4.87. The van der Waals surface area contributed by atoms with Gasteiger partial charge in [0, 0.05) is 29.9 Å². The SMILES string of the molecule is CCNc1c(C)c2nccn2c2cccc(C(C)C)c12. The van der Waals surface area contributed by atoms with Crippen molar-refractivity contribution in [1.29, 1.82) is 0 Å². The van der Waals surface area contributed by atoms with Crippen molar-refractivity contribution in [3.8, 4) is 0 Å². The van der Waals surface area contributed by atoms with E-state index in [-0.39, 0.29) is 0 Å². The molecule has 0 atom stereocenters. The first-order valence-electron chi connectivity index (χ1n) is 7.27. The Kier molecular flexibility index (Phi) is 3.13. The van der Waals surface area contributed by atoms with Gasteiger partial charge in [-0.15, -0.1) is 0 Å². The minimum atomic E-state index is 0.497. The summed E-state index contributed by atoms with van der Waals surface area (Å²) in [7, 11) is 0. The molecule has 0 aliphatic carbocycles. The Labute approximate surface area is 119 Å². The normalized spacial score (nSPS) is 11.7. The lowest BCUT2D eigenvalue weighted by atomic mass is 9.95. The third-order valence-corrected chi connectivity index (χ3v) is 3.91. The molecule has 104 valence electrons. The third-order valence-electron chi connectivity index (χ3n) is 3.91. The second-order valence-corrected chi connectivity index (χ2v) is 5.55. The van der Waals surface area contributed by atoms with E-state index in [0.717, 1.165) is 12.2 Å². The molecule has 2 aromatic heterocycles. The molecule has 3 aromatic rings. The van der Waals surface area contributed by atoms with Crippen molar-refractivity contribution in [1.82, 2.24) is 9.38 Å². The maximum atomic E-state index is 4.51. The van der Waals surface area contributed by atoms with Crippen molar-refractivity contribution in [3.63, 3.8) is 0 Å². The number of aromatic nitrogens is 2. The van der Waals surface area contributed by atoms with Crippen LogP contribution in [0.4, 0.5) is 5.69 Å². The third kappa shape index (κ3) is 1.77. The number of rotatable bonds is 3. The lowest BCUT2D eigenvalue weighted by molar-refractivity contribution is 0.875. The molecule has 0 saturated heterocycles. The molecule has 0 radical (unpaired) electrons. The molecule has 0 fully saturated rings. The molecule has 0 aliphatic heterocycles. The first kappa shape index (κ1) is 13.0. The Morgan fingerprint density at radius 3 is 2.80 bits per heavy atom. The van der Waals surface area contributed by atoms with Gasteiger partial charge in [-0.3, -0.25) is 4.40 Å². The second-order valence-electron chi connectivity index (χ2n) is 5.55. The molecule has 1 aromatic carbocycles. The number of nitrogens with one attached hydrogen (secondary N) is 1. The van der Waals surface area contributed by atoms with E-state index in [4.69, 9.17) is 0 Å². The van der Waals surface area contributed by atoms with Gasteiger partial charge in [0.25, 0.3) is 0 Å². The summed E-state index contributed by atoms with van der Waals surface area (Å²) in [6.45, 7) is 9.70. The topological polar surface area (TPSA) is 29.3 Å². The van der Waals surface area contributed by atoms with E-state index in [1.165, 1.54) is 27.7 Å². The standard InChI is InChI=1S/C17H21N3/c1-5-18-16-12(4)17-19-9-10-20(17)14-8-6-7-13(11(2)3)15(14)16/h6-11,18H,5H2,1-4H3. The van der Waals surface area contributed by atoms with Crippen LogP contribution in [0.3, 0.4) is 0 Å². The average Bonchev–Trinajstić information content (AvgIpc) is 2.92. The van der Waals surface area contributed by atoms with E-state index >= 15 is 0 Å². The predicted octanol–water partition coefficient (Wildman–Crippen LogP) is 4.35. The molecule has 0 unspecified atom stereocenters. The zero-order valence-electron chi connectivity index (χ0n) is 12.6. The van der Waals surface area contributed by atoms with E-state index in [0.29, 0.717) is 5.92 Å². The largest absolute Gasteiger partial charge is 0.384 e. The first-order valence-corrected chi connectivity index (χ1v) is 7.27. The number of fused-ring (bicyclic) bond motifs is 3. The number of benzene rings is 1. The minimum absolute atomic E-state index is 0.497. The van der Waals surface area contributed by atoms with Crippen LogP contribution in [0.5, 0.6) is 0 Å². The van der Waals surface area contributed by atoms with E-state index in [1.54, 1.807) is 0 Å². The van der Waals surface area contributed by atoms with Gasteiger partial charge in [-0.1, -0.05) is 26.0 Å². The summed E-state index contributed by atoms with van der Waals surface area (Å²) in [4.78, 5) is 4.51. The zero-order chi connectivity index (χ0) is 14.3. The van der Waals surface area contributed by atoms with E-state index in [2.05, 4.69) is 60.6 Å². The molecule has 3 nitrogen and oxygen atoms in total. The molecular formula is C17H21N3. The highest BCUT2D eigenvalue weighted by molar-refractivity contribution is 5.99. The maximum absolute atomic E-state index is 4.51. The second kappa shape index (κ2) is 4.82. The predicted molar refractivity (Wildman–Crippen MR) is 85.7 cm³/mol. The highest BCUT2D eigenvalue weighted by Crippen LogP contribution is 2.35. The summed E-state index contributed by atoms with van der Waals surface area (Å²) >= 11 is 0. The summed E-state index contributed by atoms with van der Waals surface area (Å²) < 4.78 is 2.19. The quantitative estimate of drug-likeness (QED) is 0.764. The molecule has 1 N–H and O–H groups in total. The first-order chi connectivity index (χ1) is 9.65. The van der Waals surface area contributed by atoms with Gasteiger partial charge in [-0.05, 0) is 31.4 Å². The van der Waals surface area contributed by atoms with Crippen LogP contribution in [0.2, 0.25) is 0 Å².